The van der Waals surface area contributed by atoms with Gasteiger partial charge in [0.05, 0.1) is 6.61 Å². The highest BCUT2D eigenvalue weighted by molar-refractivity contribution is 5.86. The molecule has 0 spiro atoms. The minimum absolute atomic E-state index is 0.271. The maximum absolute atomic E-state index is 14.9. The van der Waals surface area contributed by atoms with Crippen molar-refractivity contribution in [2.24, 2.45) is 0 Å². The Bertz CT molecular complexity index is 954. The number of carbonyl (C=O) groups is 2. The van der Waals surface area contributed by atoms with Gasteiger partial charge >= 0.3 is 70.1 Å². The van der Waals surface area contributed by atoms with E-state index >= 15 is 0 Å². The summed E-state index contributed by atoms with van der Waals surface area (Å²) in [5.74, 6) is -51.4. The van der Waals surface area contributed by atoms with E-state index in [1.54, 1.807) is 0 Å². The average Bonchev–Trinajstić information content (AvgIpc) is 2.74. The Morgan fingerprint density at radius 2 is 0.946 bits per heavy atom. The van der Waals surface area contributed by atoms with Crippen LogP contribution in [0.4, 0.5) is 65.9 Å². The Kier molecular flexibility index (Phi) is 5.51. The Balaban J connectivity index is 2.24. The lowest BCUT2D eigenvalue weighted by Crippen LogP contribution is -3.10. The summed E-state index contributed by atoms with van der Waals surface area (Å²) in [6, 6.07) is 0. The summed E-state index contributed by atoms with van der Waals surface area (Å²) in [5.41, 5.74) is -31.1. The van der Waals surface area contributed by atoms with Gasteiger partial charge in [0.1, 0.15) is 0 Å². The number of hydrogen-bond donors (Lipinski definition) is 0. The first-order valence-corrected chi connectivity index (χ1v) is 9.60. The quantitative estimate of drug-likeness (QED) is 0.190. The molecular weight excluding hydrogens is 565 g/mol. The Labute approximate surface area is 194 Å². The van der Waals surface area contributed by atoms with Gasteiger partial charge in [-0.25, -0.2) is 18.0 Å². The molecule has 0 unspecified atom stereocenters. The maximum Gasteiger partial charge on any atom is 0.345 e. The van der Waals surface area contributed by atoms with Crippen molar-refractivity contribution in [3.05, 3.63) is 12.2 Å². The lowest BCUT2D eigenvalue weighted by atomic mass is 9.40. The molecule has 4 rings (SSSR count). The van der Waals surface area contributed by atoms with E-state index in [0.29, 0.717) is 0 Å². The van der Waals surface area contributed by atoms with Crippen LogP contribution >= 0.6 is 0 Å². The van der Waals surface area contributed by atoms with Crippen LogP contribution in [0.3, 0.4) is 0 Å². The van der Waals surface area contributed by atoms with Crippen LogP contribution in [0.2, 0.25) is 0 Å². The van der Waals surface area contributed by atoms with Crippen molar-refractivity contribution in [3.8, 4) is 0 Å². The number of rotatable bonds is 6. The molecule has 4 aliphatic carbocycles. The molecule has 0 saturated heterocycles. The maximum atomic E-state index is 14.9. The molecule has 19 heteroatoms. The van der Waals surface area contributed by atoms with Gasteiger partial charge in [-0.15, -0.1) is 0 Å². The molecule has 4 bridgehead atoms. The summed E-state index contributed by atoms with van der Waals surface area (Å²) in [6.45, 7) is 3.21. The summed E-state index contributed by atoms with van der Waals surface area (Å²) in [7, 11) is 0. The molecule has 4 nitrogen and oxygen atoms in total. The molecule has 37 heavy (non-hydrogen) atoms. The average molecular weight is 576 g/mol. The van der Waals surface area contributed by atoms with Crippen LogP contribution in [0.15, 0.2) is 12.2 Å². The van der Waals surface area contributed by atoms with Gasteiger partial charge in [0.2, 0.25) is 0 Å². The molecule has 4 aliphatic rings. The zero-order valence-corrected chi connectivity index (χ0v) is 17.6. The van der Waals surface area contributed by atoms with Crippen LogP contribution in [0, 0.1) is 0 Å². The number of alkyl halides is 15. The van der Waals surface area contributed by atoms with E-state index in [0.717, 1.165) is 6.92 Å². The van der Waals surface area contributed by atoms with E-state index in [1.807, 2.05) is 0 Å². The molecule has 0 atom stereocenters. The van der Waals surface area contributed by atoms with Crippen molar-refractivity contribution in [1.82, 2.24) is 0 Å². The number of hydrogen-bond acceptors (Lipinski definition) is 4. The van der Waals surface area contributed by atoms with E-state index < -0.39 is 89.5 Å². The summed E-state index contributed by atoms with van der Waals surface area (Å²) in [4.78, 5) is 23.0. The zero-order valence-electron chi connectivity index (χ0n) is 17.6. The van der Waals surface area contributed by atoms with Crippen LogP contribution in [-0.4, -0.2) is 76.7 Å². The van der Waals surface area contributed by atoms with Gasteiger partial charge in [-0.3, -0.25) is 4.79 Å². The van der Waals surface area contributed by atoms with Crippen molar-refractivity contribution in [1.29, 1.82) is 0 Å². The molecule has 0 aromatic carbocycles. The standard InChI is InChI=1S/C18H11F15O4/c1-6(2)8(35)36-5-3-4-7(34)37-12-16(28,29)9(19)13(22,23)10(20,17(12,30)31)15(26,27)11(21,14(9,24)25)18(12,32)33/h1,3-5H2,2H3. The van der Waals surface area contributed by atoms with E-state index in [9.17, 15) is 75.4 Å². The lowest BCUT2D eigenvalue weighted by molar-refractivity contribution is -0.614. The largest absolute Gasteiger partial charge is 0.462 e. The van der Waals surface area contributed by atoms with E-state index in [-0.39, 0.29) is 5.57 Å². The lowest BCUT2D eigenvalue weighted by Gasteiger charge is -2.74. The predicted molar refractivity (Wildman–Crippen MR) is 85.0 cm³/mol. The molecule has 212 valence electrons. The van der Waals surface area contributed by atoms with Gasteiger partial charge in [0.25, 0.3) is 0 Å². The van der Waals surface area contributed by atoms with Crippen LogP contribution < -0.4 is 0 Å². The predicted octanol–water partition coefficient (Wildman–Crippen LogP) is 5.15. The SMILES string of the molecule is C=C(C)C(=O)OCCCC(=O)OC12C(F)(F)C3(F)C(F)(F)C(F)(C(F)(F)C(F)(C3(F)F)C1(F)F)C2(F)F. The van der Waals surface area contributed by atoms with Gasteiger partial charge in [0.15, 0.2) is 0 Å². The van der Waals surface area contributed by atoms with E-state index in [1.165, 1.54) is 0 Å². The molecule has 0 aliphatic heterocycles. The number of esters is 2. The van der Waals surface area contributed by atoms with Gasteiger partial charge in [0, 0.05) is 12.0 Å². The van der Waals surface area contributed by atoms with Gasteiger partial charge in [-0.1, -0.05) is 6.58 Å². The molecule has 0 heterocycles. The summed E-state index contributed by atoms with van der Waals surface area (Å²) < 4.78 is 227. The van der Waals surface area contributed by atoms with Crippen molar-refractivity contribution >= 4 is 11.9 Å². The highest BCUT2D eigenvalue weighted by atomic mass is 19.3. The molecule has 0 N–H and O–H groups in total. The molecule has 4 fully saturated rings. The fraction of sp³-hybridized carbons (Fsp3) is 0.778. The van der Waals surface area contributed by atoms with Gasteiger partial charge in [-0.05, 0) is 13.3 Å². The fourth-order valence-corrected chi connectivity index (χ4v) is 4.72. The molecular formula is C18H11F15O4. The van der Waals surface area contributed by atoms with Crippen LogP contribution in [0.1, 0.15) is 19.8 Å². The van der Waals surface area contributed by atoms with Crippen LogP contribution in [0.25, 0.3) is 0 Å². The minimum atomic E-state index is -7.96. The molecule has 0 radical (unpaired) electrons. The molecule has 0 aromatic rings. The van der Waals surface area contributed by atoms with E-state index in [2.05, 4.69) is 16.1 Å². The smallest absolute Gasteiger partial charge is 0.345 e. The highest BCUT2D eigenvalue weighted by Gasteiger charge is 3.24. The second-order valence-corrected chi connectivity index (χ2v) is 8.60. The summed E-state index contributed by atoms with van der Waals surface area (Å²) in [6.07, 6.45) is -2.74. The third kappa shape index (κ3) is 2.27. The minimum Gasteiger partial charge on any atom is -0.462 e. The number of carbonyl (C=O) groups excluding carboxylic acids is 2. The Hall–Kier alpha value is -2.37. The Morgan fingerprint density at radius 1 is 0.622 bits per heavy atom. The monoisotopic (exact) mass is 576 g/mol. The molecule has 0 amide bonds. The highest BCUT2D eigenvalue weighted by Crippen LogP contribution is 2.88. The van der Waals surface area contributed by atoms with Gasteiger partial charge in [-0.2, -0.15) is 52.7 Å². The number of halogens is 15. The molecule has 0 aromatic heterocycles. The van der Waals surface area contributed by atoms with Crippen molar-refractivity contribution in [3.63, 3.8) is 0 Å². The third-order valence-corrected chi connectivity index (χ3v) is 6.59. The van der Waals surface area contributed by atoms with Crippen molar-refractivity contribution < 1.29 is 84.9 Å². The van der Waals surface area contributed by atoms with Crippen molar-refractivity contribution in [2.75, 3.05) is 6.61 Å². The molecule has 4 saturated carbocycles. The second kappa shape index (κ2) is 6.98. The normalized spacial score (nSPS) is 40.6. The summed E-state index contributed by atoms with van der Waals surface area (Å²) >= 11 is 0. The van der Waals surface area contributed by atoms with Crippen LogP contribution in [0.5, 0.6) is 0 Å². The first kappa shape index (κ1) is 29.2. The number of ether oxygens (including phenoxy) is 2. The zero-order chi connectivity index (χ0) is 29.3. The summed E-state index contributed by atoms with van der Waals surface area (Å²) in [5, 5.41) is 0. The second-order valence-electron chi connectivity index (χ2n) is 8.60. The fourth-order valence-electron chi connectivity index (χ4n) is 4.72. The van der Waals surface area contributed by atoms with Crippen molar-refractivity contribution in [2.45, 2.75) is 77.9 Å². The first-order valence-electron chi connectivity index (χ1n) is 9.60. The van der Waals surface area contributed by atoms with E-state index in [4.69, 9.17) is 0 Å². The first-order chi connectivity index (χ1) is 16.2. The van der Waals surface area contributed by atoms with Gasteiger partial charge < -0.3 is 9.47 Å². The van der Waals surface area contributed by atoms with Crippen LogP contribution in [-0.2, 0) is 19.1 Å². The third-order valence-electron chi connectivity index (χ3n) is 6.59. The Morgan fingerprint density at radius 3 is 1.24 bits per heavy atom. The topological polar surface area (TPSA) is 52.6 Å².